The molecule has 0 aliphatic carbocycles. The highest BCUT2D eigenvalue weighted by molar-refractivity contribution is 7.92. The van der Waals surface area contributed by atoms with Crippen LogP contribution in [0.25, 0.3) is 0 Å². The molecule has 0 radical (unpaired) electrons. The Hall–Kier alpha value is -3.38. The van der Waals surface area contributed by atoms with Gasteiger partial charge in [0, 0.05) is 23.1 Å². The van der Waals surface area contributed by atoms with Crippen LogP contribution < -0.4 is 15.4 Å². The van der Waals surface area contributed by atoms with Crippen LogP contribution in [0.4, 0.5) is 35.3 Å². The molecule has 13 heteroatoms. The zero-order valence-corrected chi connectivity index (χ0v) is 18.1. The van der Waals surface area contributed by atoms with E-state index in [4.69, 9.17) is 11.6 Å². The number of nitrogens with one attached hydrogen (secondary N) is 3. The van der Waals surface area contributed by atoms with Crippen LogP contribution in [0.3, 0.4) is 0 Å². The smallest absolute Gasteiger partial charge is 0.308 e. The molecule has 0 atom stereocenters. The molecule has 1 heterocycles. The van der Waals surface area contributed by atoms with Crippen molar-refractivity contribution in [3.05, 3.63) is 70.3 Å². The highest BCUT2D eigenvalue weighted by Gasteiger charge is 2.23. The standard InChI is InChI=1S/C19H15ClF3N5O3S/c1-9-7-8-24-18(25-9)28-32(30,31)12-5-3-11(4-6-12)26-19(29)27-17-10(2)14(21)16(23)15(22)13(17)20/h3-8H,1-2H3,(H,24,25,28)(H2,26,27,29). The van der Waals surface area contributed by atoms with E-state index in [0.29, 0.717) is 5.69 Å². The second-order valence-corrected chi connectivity index (χ2v) is 8.55. The number of urea groups is 1. The van der Waals surface area contributed by atoms with Crippen LogP contribution >= 0.6 is 11.6 Å². The van der Waals surface area contributed by atoms with Gasteiger partial charge in [0.05, 0.1) is 10.6 Å². The second-order valence-electron chi connectivity index (χ2n) is 6.49. The van der Waals surface area contributed by atoms with Gasteiger partial charge in [0.2, 0.25) is 5.95 Å². The fourth-order valence-electron chi connectivity index (χ4n) is 2.56. The molecule has 0 saturated heterocycles. The first-order valence-electron chi connectivity index (χ1n) is 8.82. The van der Waals surface area contributed by atoms with Crippen LogP contribution in [0.1, 0.15) is 11.3 Å². The number of nitrogens with zero attached hydrogens (tertiary/aromatic N) is 2. The number of hydrogen-bond acceptors (Lipinski definition) is 5. The van der Waals surface area contributed by atoms with Crippen molar-refractivity contribution < 1.29 is 26.4 Å². The van der Waals surface area contributed by atoms with E-state index in [-0.39, 0.29) is 16.5 Å². The normalized spacial score (nSPS) is 11.2. The monoisotopic (exact) mass is 485 g/mol. The van der Waals surface area contributed by atoms with Crippen molar-refractivity contribution in [1.82, 2.24) is 9.97 Å². The van der Waals surface area contributed by atoms with Crippen LogP contribution in [0.15, 0.2) is 41.4 Å². The van der Waals surface area contributed by atoms with Crippen molar-refractivity contribution in [3.8, 4) is 0 Å². The van der Waals surface area contributed by atoms with Gasteiger partial charge in [-0.15, -0.1) is 0 Å². The number of hydrogen-bond donors (Lipinski definition) is 3. The zero-order chi connectivity index (χ0) is 23.6. The van der Waals surface area contributed by atoms with E-state index in [1.165, 1.54) is 30.5 Å². The predicted octanol–water partition coefficient (Wildman–Crippen LogP) is 4.61. The molecule has 0 spiro atoms. The van der Waals surface area contributed by atoms with Gasteiger partial charge in [-0.25, -0.2) is 41.1 Å². The summed E-state index contributed by atoms with van der Waals surface area (Å²) in [5.41, 5.74) is -0.110. The first-order chi connectivity index (χ1) is 15.0. The van der Waals surface area contributed by atoms with Crippen molar-refractivity contribution in [2.24, 2.45) is 0 Å². The number of halogens is 4. The largest absolute Gasteiger partial charge is 0.323 e. The molecule has 32 heavy (non-hydrogen) atoms. The topological polar surface area (TPSA) is 113 Å². The van der Waals surface area contributed by atoms with Gasteiger partial charge < -0.3 is 10.6 Å². The van der Waals surface area contributed by atoms with Gasteiger partial charge in [0.15, 0.2) is 17.5 Å². The SMILES string of the molecule is Cc1ccnc(NS(=O)(=O)c2ccc(NC(=O)Nc3c(C)c(F)c(F)c(F)c3Cl)cc2)n1. The summed E-state index contributed by atoms with van der Waals surface area (Å²) in [7, 11) is -3.99. The third kappa shape index (κ3) is 4.92. The molecule has 0 aliphatic heterocycles. The Kier molecular flexibility index (Phi) is 6.55. The predicted molar refractivity (Wildman–Crippen MR) is 113 cm³/mol. The van der Waals surface area contributed by atoms with Crippen molar-refractivity contribution >= 4 is 45.0 Å². The Morgan fingerprint density at radius 2 is 1.62 bits per heavy atom. The Labute approximate surface area is 185 Å². The lowest BCUT2D eigenvalue weighted by molar-refractivity contribution is 0.262. The molecule has 2 aromatic carbocycles. The molecule has 2 amide bonds. The molecule has 0 aliphatic rings. The number of aromatic nitrogens is 2. The molecule has 0 unspecified atom stereocenters. The summed E-state index contributed by atoms with van der Waals surface area (Å²) in [4.78, 5) is 19.8. The van der Waals surface area contributed by atoms with Gasteiger partial charge in [0.1, 0.15) is 5.02 Å². The van der Waals surface area contributed by atoms with E-state index < -0.39 is 49.8 Å². The minimum Gasteiger partial charge on any atom is -0.308 e. The number of aryl methyl sites for hydroxylation is 1. The Morgan fingerprint density at radius 3 is 2.25 bits per heavy atom. The summed E-state index contributed by atoms with van der Waals surface area (Å²) in [6.07, 6.45) is 1.40. The van der Waals surface area contributed by atoms with Crippen LogP contribution in [-0.2, 0) is 10.0 Å². The van der Waals surface area contributed by atoms with E-state index in [2.05, 4.69) is 25.3 Å². The molecule has 3 rings (SSSR count). The molecular weight excluding hydrogens is 471 g/mol. The Morgan fingerprint density at radius 1 is 0.969 bits per heavy atom. The summed E-state index contributed by atoms with van der Waals surface area (Å²) in [5, 5.41) is 3.70. The molecule has 1 aromatic heterocycles. The summed E-state index contributed by atoms with van der Waals surface area (Å²) >= 11 is 5.66. The molecule has 0 fully saturated rings. The van der Waals surface area contributed by atoms with Gasteiger partial charge in [-0.2, -0.15) is 0 Å². The first-order valence-corrected chi connectivity index (χ1v) is 10.7. The number of sulfonamides is 1. The average Bonchev–Trinajstić information content (AvgIpc) is 2.74. The zero-order valence-electron chi connectivity index (χ0n) is 16.5. The molecule has 0 saturated carbocycles. The Bertz CT molecular complexity index is 1280. The maximum absolute atomic E-state index is 13.7. The van der Waals surface area contributed by atoms with Crippen LogP contribution in [0.5, 0.6) is 0 Å². The lowest BCUT2D eigenvalue weighted by atomic mass is 10.1. The average molecular weight is 486 g/mol. The van der Waals surface area contributed by atoms with E-state index >= 15 is 0 Å². The van der Waals surface area contributed by atoms with Crippen molar-refractivity contribution in [2.75, 3.05) is 15.4 Å². The van der Waals surface area contributed by atoms with Crippen molar-refractivity contribution in [1.29, 1.82) is 0 Å². The highest BCUT2D eigenvalue weighted by atomic mass is 35.5. The number of carbonyl (C=O) groups excluding carboxylic acids is 1. The quantitative estimate of drug-likeness (QED) is 0.361. The van der Waals surface area contributed by atoms with E-state index in [9.17, 15) is 26.4 Å². The van der Waals surface area contributed by atoms with Gasteiger partial charge >= 0.3 is 6.03 Å². The molecule has 0 bridgehead atoms. The maximum Gasteiger partial charge on any atom is 0.323 e. The minimum atomic E-state index is -3.99. The van der Waals surface area contributed by atoms with E-state index in [0.717, 1.165) is 6.92 Å². The lowest BCUT2D eigenvalue weighted by Crippen LogP contribution is -2.21. The van der Waals surface area contributed by atoms with E-state index in [1.807, 2.05) is 0 Å². The van der Waals surface area contributed by atoms with Gasteiger partial charge in [-0.1, -0.05) is 11.6 Å². The van der Waals surface area contributed by atoms with E-state index in [1.54, 1.807) is 13.0 Å². The van der Waals surface area contributed by atoms with Crippen molar-refractivity contribution in [2.45, 2.75) is 18.7 Å². The third-order valence-electron chi connectivity index (χ3n) is 4.18. The van der Waals surface area contributed by atoms with Crippen molar-refractivity contribution in [3.63, 3.8) is 0 Å². The number of carbonyl (C=O) groups is 1. The summed E-state index contributed by atoms with van der Waals surface area (Å²) in [6.45, 7) is 2.79. The minimum absolute atomic E-state index is 0.0995. The molecular formula is C19H15ClF3N5O3S. The van der Waals surface area contributed by atoms with Crippen LogP contribution in [0.2, 0.25) is 5.02 Å². The fourth-order valence-corrected chi connectivity index (χ4v) is 3.78. The summed E-state index contributed by atoms with van der Waals surface area (Å²) < 4.78 is 67.9. The van der Waals surface area contributed by atoms with Crippen LogP contribution in [-0.4, -0.2) is 24.4 Å². The van der Waals surface area contributed by atoms with Crippen LogP contribution in [0, 0.1) is 31.3 Å². The molecule has 168 valence electrons. The summed E-state index contributed by atoms with van der Waals surface area (Å²) in [5.74, 6) is -4.97. The highest BCUT2D eigenvalue weighted by Crippen LogP contribution is 2.33. The third-order valence-corrected chi connectivity index (χ3v) is 5.88. The number of benzene rings is 2. The van der Waals surface area contributed by atoms with Gasteiger partial charge in [-0.05, 0) is 44.2 Å². The summed E-state index contributed by atoms with van der Waals surface area (Å²) in [6, 6.07) is 5.65. The molecule has 3 aromatic rings. The lowest BCUT2D eigenvalue weighted by Gasteiger charge is -2.14. The number of anilines is 3. The first kappa shape index (κ1) is 23.3. The van der Waals surface area contributed by atoms with Gasteiger partial charge in [0.25, 0.3) is 10.0 Å². The maximum atomic E-state index is 13.7. The fraction of sp³-hybridized carbons (Fsp3) is 0.105. The number of rotatable bonds is 5. The molecule has 3 N–H and O–H groups in total. The molecule has 8 nitrogen and oxygen atoms in total. The second kappa shape index (κ2) is 9.01. The Balaban J connectivity index is 1.73. The number of amides is 2. The van der Waals surface area contributed by atoms with Gasteiger partial charge in [-0.3, -0.25) is 0 Å².